The molecular weight excluding hydrogens is 416 g/mol. The number of hydrogen-bond acceptors (Lipinski definition) is 7. The number of benzene rings is 2. The van der Waals surface area contributed by atoms with Gasteiger partial charge in [0.25, 0.3) is 5.91 Å². The highest BCUT2D eigenvalue weighted by molar-refractivity contribution is 7.80. The van der Waals surface area contributed by atoms with Crippen molar-refractivity contribution in [1.82, 2.24) is 15.3 Å². The number of fused-ring (bicyclic) bond motifs is 1. The molecule has 0 aliphatic carbocycles. The van der Waals surface area contributed by atoms with Crippen LogP contribution in [-0.4, -0.2) is 35.2 Å². The third kappa shape index (κ3) is 4.62. The highest BCUT2D eigenvalue weighted by Gasteiger charge is 2.13. The Morgan fingerprint density at radius 2 is 1.81 bits per heavy atom. The Balaban J connectivity index is 1.48. The third-order valence-corrected chi connectivity index (χ3v) is 4.58. The van der Waals surface area contributed by atoms with E-state index in [-0.39, 0.29) is 5.11 Å². The zero-order valence-electron chi connectivity index (χ0n) is 16.7. The van der Waals surface area contributed by atoms with Crippen molar-refractivity contribution >= 4 is 40.2 Å². The summed E-state index contributed by atoms with van der Waals surface area (Å²) in [4.78, 5) is 21.2. The smallest absolute Gasteiger partial charge is 0.257 e. The van der Waals surface area contributed by atoms with E-state index in [0.29, 0.717) is 39.9 Å². The highest BCUT2D eigenvalue weighted by Crippen LogP contribution is 2.25. The molecule has 0 saturated carbocycles. The summed E-state index contributed by atoms with van der Waals surface area (Å²) in [7, 11) is 3.03. The predicted molar refractivity (Wildman–Crippen MR) is 120 cm³/mol. The van der Waals surface area contributed by atoms with E-state index >= 15 is 0 Å². The van der Waals surface area contributed by atoms with Crippen LogP contribution in [0.2, 0.25) is 0 Å². The van der Waals surface area contributed by atoms with E-state index in [1.165, 1.54) is 14.2 Å². The van der Waals surface area contributed by atoms with Crippen LogP contribution in [0.5, 0.6) is 11.5 Å². The van der Waals surface area contributed by atoms with Crippen molar-refractivity contribution in [3.8, 4) is 23.0 Å². The lowest BCUT2D eigenvalue weighted by Gasteiger charge is -2.12. The van der Waals surface area contributed by atoms with Gasteiger partial charge in [0.15, 0.2) is 16.3 Å². The number of oxazole rings is 1. The van der Waals surface area contributed by atoms with Crippen LogP contribution < -0.4 is 20.1 Å². The minimum absolute atomic E-state index is 0.142. The van der Waals surface area contributed by atoms with E-state index in [9.17, 15) is 4.79 Å². The zero-order valence-corrected chi connectivity index (χ0v) is 17.5. The first kappa shape index (κ1) is 20.3. The molecule has 156 valence electrons. The van der Waals surface area contributed by atoms with E-state index < -0.39 is 5.91 Å². The largest absolute Gasteiger partial charge is 0.497 e. The zero-order chi connectivity index (χ0) is 21.8. The fourth-order valence-corrected chi connectivity index (χ4v) is 3.11. The van der Waals surface area contributed by atoms with Crippen LogP contribution in [-0.2, 0) is 0 Å². The van der Waals surface area contributed by atoms with Gasteiger partial charge in [-0.15, -0.1) is 0 Å². The standard InChI is InChI=1S/C22H18N4O4S/c1-28-16-10-14(11-17(12-16)29-2)20(27)26-22(31)24-15-6-3-5-13(9-15)21-25-19-18(30-21)7-4-8-23-19/h3-12H,1-2H3,(H2,24,26,27,31). The number of carbonyl (C=O) groups excluding carboxylic acids is 1. The van der Waals surface area contributed by atoms with Gasteiger partial charge in [0, 0.05) is 29.1 Å². The summed E-state index contributed by atoms with van der Waals surface area (Å²) in [5, 5.41) is 5.79. The molecule has 4 aromatic rings. The molecule has 0 aliphatic heterocycles. The molecule has 2 aromatic carbocycles. The SMILES string of the molecule is COc1cc(OC)cc(C(=O)NC(=S)Nc2cccc(-c3nc4ncccc4o3)c2)c1. The van der Waals surface area contributed by atoms with E-state index in [2.05, 4.69) is 20.6 Å². The average Bonchev–Trinajstić information content (AvgIpc) is 3.23. The molecule has 9 heteroatoms. The number of ether oxygens (including phenoxy) is 2. The maximum atomic E-state index is 12.6. The Morgan fingerprint density at radius 3 is 2.52 bits per heavy atom. The van der Waals surface area contributed by atoms with Gasteiger partial charge in [-0.05, 0) is 54.7 Å². The van der Waals surface area contributed by atoms with Crippen molar-refractivity contribution in [2.75, 3.05) is 19.5 Å². The van der Waals surface area contributed by atoms with Crippen LogP contribution in [0.25, 0.3) is 22.7 Å². The number of carbonyl (C=O) groups is 1. The number of nitrogens with zero attached hydrogens (tertiary/aromatic N) is 2. The maximum Gasteiger partial charge on any atom is 0.257 e. The van der Waals surface area contributed by atoms with Crippen LogP contribution in [0, 0.1) is 0 Å². The highest BCUT2D eigenvalue weighted by atomic mass is 32.1. The lowest BCUT2D eigenvalue weighted by atomic mass is 10.2. The van der Waals surface area contributed by atoms with Gasteiger partial charge in [-0.2, -0.15) is 4.98 Å². The van der Waals surface area contributed by atoms with E-state index in [1.807, 2.05) is 24.3 Å². The van der Waals surface area contributed by atoms with Gasteiger partial charge in [-0.1, -0.05) is 6.07 Å². The Bertz CT molecular complexity index is 1220. The monoisotopic (exact) mass is 434 g/mol. The van der Waals surface area contributed by atoms with Gasteiger partial charge in [-0.25, -0.2) is 4.98 Å². The molecule has 0 radical (unpaired) electrons. The van der Waals surface area contributed by atoms with Gasteiger partial charge in [0.1, 0.15) is 11.5 Å². The number of pyridine rings is 1. The summed E-state index contributed by atoms with van der Waals surface area (Å²) in [5.41, 5.74) is 2.91. The number of hydrogen-bond donors (Lipinski definition) is 2. The Kier molecular flexibility index (Phi) is 5.76. The fourth-order valence-electron chi connectivity index (χ4n) is 2.90. The molecule has 2 N–H and O–H groups in total. The molecule has 2 heterocycles. The first-order valence-electron chi connectivity index (χ1n) is 9.23. The number of amides is 1. The fraction of sp³-hybridized carbons (Fsp3) is 0.0909. The lowest BCUT2D eigenvalue weighted by Crippen LogP contribution is -2.34. The molecule has 0 atom stereocenters. The van der Waals surface area contributed by atoms with Crippen LogP contribution in [0.4, 0.5) is 5.69 Å². The summed E-state index contributed by atoms with van der Waals surface area (Å²) < 4.78 is 16.1. The van der Waals surface area contributed by atoms with Crippen LogP contribution in [0.15, 0.2) is 65.2 Å². The Morgan fingerprint density at radius 1 is 1.03 bits per heavy atom. The van der Waals surface area contributed by atoms with Crippen molar-refractivity contribution in [2.24, 2.45) is 0 Å². The molecule has 1 amide bonds. The van der Waals surface area contributed by atoms with Gasteiger partial charge < -0.3 is 19.2 Å². The molecule has 0 unspecified atom stereocenters. The second-order valence-corrected chi connectivity index (χ2v) is 6.84. The summed E-state index contributed by atoms with van der Waals surface area (Å²) in [6.45, 7) is 0. The normalized spacial score (nSPS) is 10.5. The Labute approximate surface area is 183 Å². The quantitative estimate of drug-likeness (QED) is 0.454. The van der Waals surface area contributed by atoms with E-state index in [4.69, 9.17) is 26.1 Å². The second kappa shape index (κ2) is 8.80. The number of anilines is 1. The van der Waals surface area contributed by atoms with Crippen LogP contribution in [0.3, 0.4) is 0 Å². The second-order valence-electron chi connectivity index (χ2n) is 6.43. The average molecular weight is 434 g/mol. The molecule has 8 nitrogen and oxygen atoms in total. The predicted octanol–water partition coefficient (Wildman–Crippen LogP) is 4.03. The first-order chi connectivity index (χ1) is 15.1. The topological polar surface area (TPSA) is 98.5 Å². The molecule has 4 rings (SSSR count). The molecule has 2 aromatic heterocycles. The summed E-state index contributed by atoms with van der Waals surface area (Å²) in [6.07, 6.45) is 1.66. The molecule has 0 aliphatic rings. The lowest BCUT2D eigenvalue weighted by molar-refractivity contribution is 0.0977. The van der Waals surface area contributed by atoms with Crippen LogP contribution in [0.1, 0.15) is 10.4 Å². The van der Waals surface area contributed by atoms with E-state index in [0.717, 1.165) is 5.56 Å². The number of methoxy groups -OCH3 is 2. The number of rotatable bonds is 5. The Hall–Kier alpha value is -3.98. The van der Waals surface area contributed by atoms with Crippen molar-refractivity contribution < 1.29 is 18.7 Å². The molecule has 0 saturated heterocycles. The van der Waals surface area contributed by atoms with Crippen molar-refractivity contribution in [1.29, 1.82) is 0 Å². The van der Waals surface area contributed by atoms with Crippen molar-refractivity contribution in [2.45, 2.75) is 0 Å². The molecular formula is C22H18N4O4S. The summed E-state index contributed by atoms with van der Waals surface area (Å²) in [5.74, 6) is 1.06. The minimum atomic E-state index is -0.393. The van der Waals surface area contributed by atoms with Gasteiger partial charge in [0.2, 0.25) is 5.89 Å². The molecule has 0 spiro atoms. The van der Waals surface area contributed by atoms with Gasteiger partial charge in [-0.3, -0.25) is 10.1 Å². The third-order valence-electron chi connectivity index (χ3n) is 4.37. The molecule has 0 bridgehead atoms. The maximum absolute atomic E-state index is 12.6. The molecule has 31 heavy (non-hydrogen) atoms. The van der Waals surface area contributed by atoms with Crippen molar-refractivity contribution in [3.05, 3.63) is 66.4 Å². The van der Waals surface area contributed by atoms with Gasteiger partial charge in [0.05, 0.1) is 14.2 Å². The summed E-state index contributed by atoms with van der Waals surface area (Å²) >= 11 is 5.29. The van der Waals surface area contributed by atoms with Crippen molar-refractivity contribution in [3.63, 3.8) is 0 Å². The van der Waals surface area contributed by atoms with Gasteiger partial charge >= 0.3 is 0 Å². The number of nitrogens with one attached hydrogen (secondary N) is 2. The molecule has 0 fully saturated rings. The number of thiocarbonyl (C=S) groups is 1. The minimum Gasteiger partial charge on any atom is -0.497 e. The van der Waals surface area contributed by atoms with Crippen LogP contribution >= 0.6 is 12.2 Å². The first-order valence-corrected chi connectivity index (χ1v) is 9.64. The summed E-state index contributed by atoms with van der Waals surface area (Å²) in [6, 6.07) is 15.8. The number of aromatic nitrogens is 2. The van der Waals surface area contributed by atoms with E-state index in [1.54, 1.807) is 36.5 Å².